The van der Waals surface area contributed by atoms with Gasteiger partial charge in [0.2, 0.25) is 0 Å². The van der Waals surface area contributed by atoms with E-state index in [1.165, 1.54) is 57.2 Å². The Kier molecular flexibility index (Phi) is 4.97. The monoisotopic (exact) mass is 286 g/mol. The number of rotatable bonds is 3. The molecule has 1 heterocycles. The molecule has 21 heavy (non-hydrogen) atoms. The summed E-state index contributed by atoms with van der Waals surface area (Å²) < 4.78 is 0. The van der Waals surface area contributed by atoms with Gasteiger partial charge in [-0.05, 0) is 61.6 Å². The largest absolute Gasteiger partial charge is 0.327 e. The normalized spacial score (nSPS) is 30.7. The lowest BCUT2D eigenvalue weighted by atomic mass is 9.77. The zero-order valence-corrected chi connectivity index (χ0v) is 13.4. The topological polar surface area (TPSA) is 29.3 Å². The number of benzene rings is 1. The molecule has 3 unspecified atom stereocenters. The van der Waals surface area contributed by atoms with Crippen molar-refractivity contribution >= 4 is 0 Å². The van der Waals surface area contributed by atoms with Crippen molar-refractivity contribution in [3.63, 3.8) is 0 Å². The van der Waals surface area contributed by atoms with Crippen LogP contribution in [-0.4, -0.2) is 24.0 Å². The summed E-state index contributed by atoms with van der Waals surface area (Å²) in [6, 6.07) is 9.40. The summed E-state index contributed by atoms with van der Waals surface area (Å²) >= 11 is 0. The Balaban J connectivity index is 1.64. The van der Waals surface area contributed by atoms with Gasteiger partial charge in [-0.1, -0.05) is 37.6 Å². The predicted octanol–water partition coefficient (Wildman–Crippen LogP) is 3.59. The number of fused-ring (bicyclic) bond motifs is 1. The van der Waals surface area contributed by atoms with Gasteiger partial charge in [-0.25, -0.2) is 0 Å². The van der Waals surface area contributed by atoms with Crippen LogP contribution in [0.1, 0.15) is 50.2 Å². The fourth-order valence-electron chi connectivity index (χ4n) is 4.22. The Morgan fingerprint density at radius 1 is 1.19 bits per heavy atom. The summed E-state index contributed by atoms with van der Waals surface area (Å²) in [7, 11) is 0. The summed E-state index contributed by atoms with van der Waals surface area (Å²) in [6.45, 7) is 5.89. The minimum Gasteiger partial charge on any atom is -0.327 e. The van der Waals surface area contributed by atoms with Gasteiger partial charge in [0.25, 0.3) is 0 Å². The van der Waals surface area contributed by atoms with E-state index in [-0.39, 0.29) is 0 Å². The zero-order valence-electron chi connectivity index (χ0n) is 13.4. The molecule has 0 radical (unpaired) electrons. The van der Waals surface area contributed by atoms with Crippen LogP contribution >= 0.6 is 0 Å². The van der Waals surface area contributed by atoms with E-state index in [1.807, 2.05) is 0 Å². The SMILES string of the molecule is CCC1CCC(N)C(CN2CCCc3ccccc3C2)C1. The quantitative estimate of drug-likeness (QED) is 0.920. The third kappa shape index (κ3) is 3.67. The Bertz CT molecular complexity index is 457. The maximum Gasteiger partial charge on any atom is 0.0236 e. The molecule has 1 fully saturated rings. The van der Waals surface area contributed by atoms with Crippen molar-refractivity contribution in [1.82, 2.24) is 4.90 Å². The number of nitrogens with zero attached hydrogens (tertiary/aromatic N) is 1. The predicted molar refractivity (Wildman–Crippen MR) is 89.1 cm³/mol. The lowest BCUT2D eigenvalue weighted by molar-refractivity contribution is 0.150. The van der Waals surface area contributed by atoms with Gasteiger partial charge in [0.05, 0.1) is 0 Å². The number of hydrogen-bond acceptors (Lipinski definition) is 2. The van der Waals surface area contributed by atoms with Crippen molar-refractivity contribution in [2.75, 3.05) is 13.1 Å². The van der Waals surface area contributed by atoms with Crippen LogP contribution in [0.4, 0.5) is 0 Å². The molecule has 1 aromatic carbocycles. The average Bonchev–Trinajstić information content (AvgIpc) is 2.71. The molecule has 0 aromatic heterocycles. The summed E-state index contributed by atoms with van der Waals surface area (Å²) in [5.41, 5.74) is 9.51. The second-order valence-electron chi connectivity index (χ2n) is 7.12. The molecule has 2 heteroatoms. The Morgan fingerprint density at radius 3 is 2.81 bits per heavy atom. The summed E-state index contributed by atoms with van der Waals surface area (Å²) in [5, 5.41) is 0. The van der Waals surface area contributed by atoms with Gasteiger partial charge in [0.15, 0.2) is 0 Å². The Hall–Kier alpha value is -0.860. The van der Waals surface area contributed by atoms with E-state index < -0.39 is 0 Å². The van der Waals surface area contributed by atoms with Crippen molar-refractivity contribution in [3.8, 4) is 0 Å². The molecule has 0 bridgehead atoms. The first-order chi connectivity index (χ1) is 10.3. The summed E-state index contributed by atoms with van der Waals surface area (Å²) in [5.74, 6) is 1.61. The summed E-state index contributed by atoms with van der Waals surface area (Å²) in [4.78, 5) is 2.66. The molecule has 3 atom stereocenters. The molecule has 116 valence electrons. The van der Waals surface area contributed by atoms with Gasteiger partial charge >= 0.3 is 0 Å². The summed E-state index contributed by atoms with van der Waals surface area (Å²) in [6.07, 6.45) is 7.77. The number of aryl methyl sites for hydroxylation is 1. The molecule has 0 saturated heterocycles. The van der Waals surface area contributed by atoms with Crippen LogP contribution in [0.15, 0.2) is 24.3 Å². The standard InChI is InChI=1S/C19H30N2/c1-2-15-9-10-19(20)18(12-15)14-21-11-5-8-16-6-3-4-7-17(16)13-21/h3-4,6-7,15,18-19H,2,5,8-14,20H2,1H3. The minimum absolute atomic E-state index is 0.422. The van der Waals surface area contributed by atoms with Gasteiger partial charge in [-0.3, -0.25) is 4.90 Å². The first-order valence-electron chi connectivity index (χ1n) is 8.81. The van der Waals surface area contributed by atoms with E-state index in [0.717, 1.165) is 12.5 Å². The number of nitrogens with two attached hydrogens (primary N) is 1. The molecular formula is C19H30N2. The van der Waals surface area contributed by atoms with E-state index in [1.54, 1.807) is 5.56 Å². The van der Waals surface area contributed by atoms with Crippen LogP contribution in [0.25, 0.3) is 0 Å². The van der Waals surface area contributed by atoms with Crippen LogP contribution in [0.5, 0.6) is 0 Å². The second kappa shape index (κ2) is 6.93. The lowest BCUT2D eigenvalue weighted by Gasteiger charge is -2.37. The average molecular weight is 286 g/mol. The van der Waals surface area contributed by atoms with Gasteiger partial charge < -0.3 is 5.73 Å². The molecule has 0 amide bonds. The van der Waals surface area contributed by atoms with E-state index in [4.69, 9.17) is 5.73 Å². The molecule has 3 rings (SSSR count). The van der Waals surface area contributed by atoms with Gasteiger partial charge in [0, 0.05) is 19.1 Å². The van der Waals surface area contributed by atoms with Crippen LogP contribution in [0.2, 0.25) is 0 Å². The van der Waals surface area contributed by atoms with Crippen molar-refractivity contribution in [2.45, 2.75) is 58.0 Å². The molecular weight excluding hydrogens is 256 g/mol. The molecule has 2 N–H and O–H groups in total. The second-order valence-corrected chi connectivity index (χ2v) is 7.12. The maximum absolute atomic E-state index is 6.42. The van der Waals surface area contributed by atoms with Crippen LogP contribution < -0.4 is 5.73 Å². The molecule has 0 spiro atoms. The van der Waals surface area contributed by atoms with E-state index in [2.05, 4.69) is 36.1 Å². The lowest BCUT2D eigenvalue weighted by Crippen LogP contribution is -2.43. The van der Waals surface area contributed by atoms with Gasteiger partial charge in [-0.2, -0.15) is 0 Å². The van der Waals surface area contributed by atoms with E-state index in [0.29, 0.717) is 12.0 Å². The first kappa shape index (κ1) is 15.1. The van der Waals surface area contributed by atoms with E-state index in [9.17, 15) is 0 Å². The van der Waals surface area contributed by atoms with E-state index >= 15 is 0 Å². The van der Waals surface area contributed by atoms with Gasteiger partial charge in [-0.15, -0.1) is 0 Å². The molecule has 1 aliphatic heterocycles. The minimum atomic E-state index is 0.422. The molecule has 1 aliphatic carbocycles. The fraction of sp³-hybridized carbons (Fsp3) is 0.684. The third-order valence-electron chi connectivity index (χ3n) is 5.65. The third-order valence-corrected chi connectivity index (χ3v) is 5.65. The molecule has 1 saturated carbocycles. The molecule has 2 aliphatic rings. The number of hydrogen-bond donors (Lipinski definition) is 1. The highest BCUT2D eigenvalue weighted by Gasteiger charge is 2.29. The van der Waals surface area contributed by atoms with Crippen LogP contribution in [0, 0.1) is 11.8 Å². The highest BCUT2D eigenvalue weighted by molar-refractivity contribution is 5.28. The zero-order chi connectivity index (χ0) is 14.7. The van der Waals surface area contributed by atoms with Crippen molar-refractivity contribution in [2.24, 2.45) is 17.6 Å². The van der Waals surface area contributed by atoms with Gasteiger partial charge in [0.1, 0.15) is 0 Å². The van der Waals surface area contributed by atoms with Crippen LogP contribution in [0.3, 0.4) is 0 Å². The molecule has 1 aromatic rings. The van der Waals surface area contributed by atoms with Crippen molar-refractivity contribution < 1.29 is 0 Å². The highest BCUT2D eigenvalue weighted by atomic mass is 15.1. The fourth-order valence-corrected chi connectivity index (χ4v) is 4.22. The Morgan fingerprint density at radius 2 is 2.00 bits per heavy atom. The van der Waals surface area contributed by atoms with Crippen molar-refractivity contribution in [3.05, 3.63) is 35.4 Å². The molecule has 2 nitrogen and oxygen atoms in total. The first-order valence-corrected chi connectivity index (χ1v) is 8.81. The smallest absolute Gasteiger partial charge is 0.0236 e. The van der Waals surface area contributed by atoms with Crippen molar-refractivity contribution in [1.29, 1.82) is 0 Å². The van der Waals surface area contributed by atoms with Crippen LogP contribution in [-0.2, 0) is 13.0 Å². The highest BCUT2D eigenvalue weighted by Crippen LogP contribution is 2.31. The maximum atomic E-state index is 6.42. The Labute approximate surface area is 129 Å².